The van der Waals surface area contributed by atoms with E-state index in [0.717, 1.165) is 28.7 Å². The van der Waals surface area contributed by atoms with Gasteiger partial charge in [0, 0.05) is 54.3 Å². The fraction of sp³-hybridized carbons (Fsp3) is 0.296. The maximum Gasteiger partial charge on any atom is 0.254 e. The highest BCUT2D eigenvalue weighted by atomic mass is 19.1. The minimum absolute atomic E-state index is 0.0126. The van der Waals surface area contributed by atoms with Crippen molar-refractivity contribution in [1.29, 1.82) is 0 Å². The van der Waals surface area contributed by atoms with Crippen molar-refractivity contribution in [2.24, 2.45) is 0 Å². The lowest BCUT2D eigenvalue weighted by Gasteiger charge is -2.24. The summed E-state index contributed by atoms with van der Waals surface area (Å²) < 4.78 is 14.4. The second-order valence-corrected chi connectivity index (χ2v) is 8.97. The standard InChI is InChI=1S/C27H27FN6O/c1-16(19-7-4-8-20-25(27(35)29-2)21(28)14-32-26(19)20)13-31-24-12-23(33-15-34-24)18-9-10-30-22(11-18)17-5-3-6-17/h4,7-12,14-17H,3,5-6,13H2,1-2H3,(H,29,35)(H,31,33,34)/t16-/m1/s1. The van der Waals surface area contributed by atoms with Gasteiger partial charge in [-0.2, -0.15) is 0 Å². The number of carbonyl (C=O) groups excluding carboxylic acids is 1. The van der Waals surface area contributed by atoms with Crippen molar-refractivity contribution < 1.29 is 9.18 Å². The molecule has 1 amide bonds. The number of aromatic nitrogens is 4. The van der Waals surface area contributed by atoms with E-state index in [4.69, 9.17) is 0 Å². The molecule has 35 heavy (non-hydrogen) atoms. The third-order valence-electron chi connectivity index (χ3n) is 6.72. The van der Waals surface area contributed by atoms with E-state index >= 15 is 0 Å². The smallest absolute Gasteiger partial charge is 0.254 e. The van der Waals surface area contributed by atoms with E-state index in [1.807, 2.05) is 30.5 Å². The molecular formula is C27H27FN6O. The van der Waals surface area contributed by atoms with Gasteiger partial charge in [0.05, 0.1) is 23.0 Å². The van der Waals surface area contributed by atoms with Crippen LogP contribution in [0.2, 0.25) is 0 Å². The number of fused-ring (bicyclic) bond motifs is 1. The first-order valence-corrected chi connectivity index (χ1v) is 11.9. The Kier molecular flexibility index (Phi) is 6.35. The van der Waals surface area contributed by atoms with E-state index in [0.29, 0.717) is 29.2 Å². The summed E-state index contributed by atoms with van der Waals surface area (Å²) in [4.78, 5) is 29.9. The van der Waals surface area contributed by atoms with Gasteiger partial charge in [0.15, 0.2) is 5.82 Å². The number of nitrogens with zero attached hydrogens (tertiary/aromatic N) is 4. The number of halogens is 1. The molecule has 0 spiro atoms. The third kappa shape index (κ3) is 4.56. The number of carbonyl (C=O) groups is 1. The van der Waals surface area contributed by atoms with Crippen LogP contribution in [0.1, 0.15) is 59.6 Å². The summed E-state index contributed by atoms with van der Waals surface area (Å²) in [6.45, 7) is 2.63. The van der Waals surface area contributed by atoms with Crippen molar-refractivity contribution >= 4 is 22.6 Å². The third-order valence-corrected chi connectivity index (χ3v) is 6.72. The van der Waals surface area contributed by atoms with Crippen molar-refractivity contribution in [2.45, 2.75) is 38.0 Å². The molecule has 3 heterocycles. The molecule has 2 N–H and O–H groups in total. The highest BCUT2D eigenvalue weighted by Crippen LogP contribution is 2.36. The summed E-state index contributed by atoms with van der Waals surface area (Å²) in [5.74, 6) is 0.197. The van der Waals surface area contributed by atoms with Crippen molar-refractivity contribution in [3.8, 4) is 11.3 Å². The first kappa shape index (κ1) is 22.8. The van der Waals surface area contributed by atoms with E-state index in [2.05, 4.69) is 43.6 Å². The number of amides is 1. The number of rotatable bonds is 7. The van der Waals surface area contributed by atoms with E-state index in [1.54, 1.807) is 12.4 Å². The average Bonchev–Trinajstić information content (AvgIpc) is 2.85. The van der Waals surface area contributed by atoms with Crippen LogP contribution in [0.4, 0.5) is 10.2 Å². The van der Waals surface area contributed by atoms with Crippen LogP contribution >= 0.6 is 0 Å². The molecule has 178 valence electrons. The fourth-order valence-electron chi connectivity index (χ4n) is 4.49. The average molecular weight is 471 g/mol. The molecule has 0 radical (unpaired) electrons. The van der Waals surface area contributed by atoms with Crippen LogP contribution in [-0.4, -0.2) is 39.4 Å². The number of hydrogen-bond acceptors (Lipinski definition) is 6. The molecule has 0 bridgehead atoms. The van der Waals surface area contributed by atoms with Gasteiger partial charge >= 0.3 is 0 Å². The Hall–Kier alpha value is -3.94. The molecule has 5 rings (SSSR count). The molecular weight excluding hydrogens is 443 g/mol. The zero-order chi connectivity index (χ0) is 24.4. The SMILES string of the molecule is CNC(=O)c1c(F)cnc2c([C@H](C)CNc3cc(-c4ccnc(C5CCC5)c4)ncn3)cccc12. The van der Waals surface area contributed by atoms with Crippen molar-refractivity contribution in [1.82, 2.24) is 25.3 Å². The van der Waals surface area contributed by atoms with E-state index in [1.165, 1.54) is 26.3 Å². The Morgan fingerprint density at radius 3 is 2.77 bits per heavy atom. The van der Waals surface area contributed by atoms with Gasteiger partial charge in [-0.05, 0) is 30.5 Å². The fourth-order valence-corrected chi connectivity index (χ4v) is 4.49. The van der Waals surface area contributed by atoms with E-state index in [9.17, 15) is 9.18 Å². The molecule has 7 nitrogen and oxygen atoms in total. The monoisotopic (exact) mass is 470 g/mol. The minimum Gasteiger partial charge on any atom is -0.369 e. The lowest BCUT2D eigenvalue weighted by molar-refractivity contribution is 0.0960. The molecule has 1 aliphatic carbocycles. The normalized spacial score (nSPS) is 14.4. The minimum atomic E-state index is -0.634. The molecule has 0 unspecified atom stereocenters. The molecule has 4 aromatic rings. The first-order valence-electron chi connectivity index (χ1n) is 11.9. The van der Waals surface area contributed by atoms with Gasteiger partial charge < -0.3 is 10.6 Å². The van der Waals surface area contributed by atoms with Crippen molar-refractivity contribution in [2.75, 3.05) is 18.9 Å². The number of nitrogens with one attached hydrogen (secondary N) is 2. The van der Waals surface area contributed by atoms with Gasteiger partial charge in [-0.25, -0.2) is 14.4 Å². The van der Waals surface area contributed by atoms with E-state index < -0.39 is 11.7 Å². The summed E-state index contributed by atoms with van der Waals surface area (Å²) in [6, 6.07) is 11.5. The molecule has 3 aromatic heterocycles. The Bertz CT molecular complexity index is 1390. The molecule has 1 aromatic carbocycles. The van der Waals surface area contributed by atoms with Crippen molar-refractivity contribution in [3.05, 3.63) is 77.8 Å². The summed E-state index contributed by atoms with van der Waals surface area (Å²) >= 11 is 0. The Labute approximate surface area is 203 Å². The first-order chi connectivity index (χ1) is 17.0. The number of hydrogen-bond donors (Lipinski definition) is 2. The van der Waals surface area contributed by atoms with E-state index in [-0.39, 0.29) is 11.5 Å². The van der Waals surface area contributed by atoms with Crippen LogP contribution in [-0.2, 0) is 0 Å². The summed E-state index contributed by atoms with van der Waals surface area (Å²) in [5, 5.41) is 6.39. The van der Waals surface area contributed by atoms with Gasteiger partial charge in [-0.15, -0.1) is 0 Å². The molecule has 1 fully saturated rings. The topological polar surface area (TPSA) is 92.7 Å². The second kappa shape index (κ2) is 9.74. The number of pyridine rings is 2. The van der Waals surface area contributed by atoms with Gasteiger partial charge in [0.25, 0.3) is 5.91 Å². The Morgan fingerprint density at radius 2 is 2.00 bits per heavy atom. The highest BCUT2D eigenvalue weighted by Gasteiger charge is 2.21. The van der Waals surface area contributed by atoms with Crippen LogP contribution in [0.25, 0.3) is 22.2 Å². The summed E-state index contributed by atoms with van der Waals surface area (Å²) in [6.07, 6.45) is 8.19. The largest absolute Gasteiger partial charge is 0.369 e. The summed E-state index contributed by atoms with van der Waals surface area (Å²) in [7, 11) is 1.49. The number of benzene rings is 1. The Balaban J connectivity index is 1.36. The second-order valence-electron chi connectivity index (χ2n) is 8.97. The number of para-hydroxylation sites is 1. The quantitative estimate of drug-likeness (QED) is 0.392. The number of anilines is 1. The van der Waals surface area contributed by atoms with Crippen molar-refractivity contribution in [3.63, 3.8) is 0 Å². The highest BCUT2D eigenvalue weighted by molar-refractivity contribution is 6.06. The van der Waals surface area contributed by atoms with Crippen LogP contribution in [0, 0.1) is 5.82 Å². The van der Waals surface area contributed by atoms with Gasteiger partial charge in [0.2, 0.25) is 0 Å². The predicted octanol–water partition coefficient (Wildman–Crippen LogP) is 5.07. The molecule has 1 aliphatic rings. The summed E-state index contributed by atoms with van der Waals surface area (Å²) in [5.41, 5.74) is 4.56. The molecule has 1 saturated carbocycles. The van der Waals surface area contributed by atoms with Crippen LogP contribution in [0.5, 0.6) is 0 Å². The predicted molar refractivity (Wildman–Crippen MR) is 134 cm³/mol. The van der Waals surface area contributed by atoms with Gasteiger partial charge in [-0.3, -0.25) is 14.8 Å². The Morgan fingerprint density at radius 1 is 1.14 bits per heavy atom. The molecule has 8 heteroatoms. The zero-order valence-electron chi connectivity index (χ0n) is 19.8. The maximum atomic E-state index is 14.4. The zero-order valence-corrected chi connectivity index (χ0v) is 19.8. The molecule has 1 atom stereocenters. The molecule has 0 aliphatic heterocycles. The lowest BCUT2D eigenvalue weighted by atomic mass is 9.82. The van der Waals surface area contributed by atoms with Crippen LogP contribution in [0.3, 0.4) is 0 Å². The van der Waals surface area contributed by atoms with Gasteiger partial charge in [0.1, 0.15) is 12.1 Å². The maximum absolute atomic E-state index is 14.4. The van der Waals surface area contributed by atoms with Crippen LogP contribution < -0.4 is 10.6 Å². The van der Waals surface area contributed by atoms with Gasteiger partial charge in [-0.1, -0.05) is 31.5 Å². The van der Waals surface area contributed by atoms with Crippen LogP contribution in [0.15, 0.2) is 55.1 Å². The molecule has 0 saturated heterocycles. The lowest BCUT2D eigenvalue weighted by Crippen LogP contribution is -2.20.